The minimum absolute atomic E-state index is 0.0446. The summed E-state index contributed by atoms with van der Waals surface area (Å²) in [5, 5.41) is 8.00. The number of esters is 1. The van der Waals surface area contributed by atoms with E-state index in [1.165, 1.54) is 7.11 Å². The number of hydrogen-bond acceptors (Lipinski definition) is 5. The number of carbonyl (C=O) groups excluding carboxylic acids is 4. The Morgan fingerprint density at radius 3 is 2.50 bits per heavy atom. The molecule has 0 unspecified atom stereocenters. The van der Waals surface area contributed by atoms with E-state index in [0.717, 1.165) is 5.56 Å². The number of anilines is 1. The molecule has 1 aliphatic heterocycles. The molecule has 3 amide bonds. The molecule has 156 valence electrons. The van der Waals surface area contributed by atoms with E-state index < -0.39 is 29.9 Å². The molecule has 2 aromatic rings. The lowest BCUT2D eigenvalue weighted by Crippen LogP contribution is -2.45. The van der Waals surface area contributed by atoms with Crippen molar-refractivity contribution in [3.8, 4) is 0 Å². The Hall–Kier alpha value is -3.68. The Kier molecular flexibility index (Phi) is 6.79. The maximum atomic E-state index is 12.4. The van der Waals surface area contributed by atoms with Crippen molar-refractivity contribution >= 4 is 29.4 Å². The Morgan fingerprint density at radius 2 is 1.77 bits per heavy atom. The zero-order valence-corrected chi connectivity index (χ0v) is 16.5. The van der Waals surface area contributed by atoms with Crippen LogP contribution in [0, 0.1) is 0 Å². The first-order valence-electron chi connectivity index (χ1n) is 9.60. The van der Waals surface area contributed by atoms with Gasteiger partial charge in [-0.2, -0.15) is 0 Å². The van der Waals surface area contributed by atoms with Gasteiger partial charge in [0, 0.05) is 12.8 Å². The Balaban J connectivity index is 1.59. The van der Waals surface area contributed by atoms with Crippen molar-refractivity contribution in [3.05, 3.63) is 65.7 Å². The van der Waals surface area contributed by atoms with Gasteiger partial charge < -0.3 is 20.7 Å². The second kappa shape index (κ2) is 9.69. The summed E-state index contributed by atoms with van der Waals surface area (Å²) in [5.41, 5.74) is 1.67. The van der Waals surface area contributed by atoms with Crippen LogP contribution in [0.4, 0.5) is 5.69 Å². The monoisotopic (exact) mass is 409 g/mol. The fourth-order valence-corrected chi connectivity index (χ4v) is 3.24. The SMILES string of the molecule is COC(=O)[C@H](Cc1ccccc1)NC(=O)CC[C@H]1NC(=O)c2ccccc2NC1=O. The highest BCUT2D eigenvalue weighted by molar-refractivity contribution is 6.09. The predicted molar refractivity (Wildman–Crippen MR) is 110 cm³/mol. The van der Waals surface area contributed by atoms with Gasteiger partial charge in [-0.1, -0.05) is 42.5 Å². The topological polar surface area (TPSA) is 114 Å². The maximum Gasteiger partial charge on any atom is 0.328 e. The summed E-state index contributed by atoms with van der Waals surface area (Å²) in [7, 11) is 1.26. The average molecular weight is 409 g/mol. The van der Waals surface area contributed by atoms with Crippen LogP contribution in [0.2, 0.25) is 0 Å². The van der Waals surface area contributed by atoms with Crippen LogP contribution in [0.1, 0.15) is 28.8 Å². The number of amides is 3. The number of nitrogens with one attached hydrogen (secondary N) is 3. The molecule has 1 heterocycles. The van der Waals surface area contributed by atoms with Crippen LogP contribution in [-0.2, 0) is 25.5 Å². The smallest absolute Gasteiger partial charge is 0.328 e. The van der Waals surface area contributed by atoms with Crippen LogP contribution < -0.4 is 16.0 Å². The first kappa shape index (κ1) is 21.0. The molecule has 8 nitrogen and oxygen atoms in total. The van der Waals surface area contributed by atoms with Gasteiger partial charge in [0.15, 0.2) is 0 Å². The Morgan fingerprint density at radius 1 is 1.07 bits per heavy atom. The lowest BCUT2D eigenvalue weighted by Gasteiger charge is -2.18. The van der Waals surface area contributed by atoms with Crippen molar-refractivity contribution in [2.24, 2.45) is 0 Å². The van der Waals surface area contributed by atoms with Crippen LogP contribution in [0.5, 0.6) is 0 Å². The lowest BCUT2D eigenvalue weighted by atomic mass is 10.1. The third-order valence-corrected chi connectivity index (χ3v) is 4.82. The second-order valence-corrected chi connectivity index (χ2v) is 6.93. The largest absolute Gasteiger partial charge is 0.467 e. The van der Waals surface area contributed by atoms with Crippen molar-refractivity contribution in [3.63, 3.8) is 0 Å². The van der Waals surface area contributed by atoms with Crippen LogP contribution in [0.15, 0.2) is 54.6 Å². The Bertz CT molecular complexity index is 945. The summed E-state index contributed by atoms with van der Waals surface area (Å²) in [5.74, 6) is -1.74. The molecule has 1 aliphatic rings. The van der Waals surface area contributed by atoms with Gasteiger partial charge in [-0.15, -0.1) is 0 Å². The number of ether oxygens (including phenoxy) is 1. The quantitative estimate of drug-likeness (QED) is 0.599. The minimum Gasteiger partial charge on any atom is -0.467 e. The van der Waals surface area contributed by atoms with Gasteiger partial charge in [-0.25, -0.2) is 4.79 Å². The van der Waals surface area contributed by atoms with E-state index in [4.69, 9.17) is 4.74 Å². The van der Waals surface area contributed by atoms with Gasteiger partial charge in [0.05, 0.1) is 18.4 Å². The van der Waals surface area contributed by atoms with Crippen LogP contribution in [-0.4, -0.2) is 42.9 Å². The zero-order chi connectivity index (χ0) is 21.5. The molecule has 2 atom stereocenters. The number of carbonyl (C=O) groups is 4. The van der Waals surface area contributed by atoms with E-state index in [9.17, 15) is 19.2 Å². The number of fused-ring (bicyclic) bond motifs is 1. The summed E-state index contributed by atoms with van der Waals surface area (Å²) in [6, 6.07) is 14.2. The summed E-state index contributed by atoms with van der Waals surface area (Å²) in [6.45, 7) is 0. The molecule has 3 N–H and O–H groups in total. The summed E-state index contributed by atoms with van der Waals surface area (Å²) in [4.78, 5) is 49.3. The second-order valence-electron chi connectivity index (χ2n) is 6.93. The van der Waals surface area contributed by atoms with E-state index >= 15 is 0 Å². The first-order chi connectivity index (χ1) is 14.5. The zero-order valence-electron chi connectivity index (χ0n) is 16.5. The molecule has 0 saturated heterocycles. The normalized spacial score (nSPS) is 16.4. The number of rotatable bonds is 7. The van der Waals surface area contributed by atoms with Crippen molar-refractivity contribution in [2.45, 2.75) is 31.3 Å². The minimum atomic E-state index is -0.860. The fourth-order valence-electron chi connectivity index (χ4n) is 3.24. The van der Waals surface area contributed by atoms with Gasteiger partial charge >= 0.3 is 5.97 Å². The van der Waals surface area contributed by atoms with Gasteiger partial charge in [0.2, 0.25) is 11.8 Å². The molecular weight excluding hydrogens is 386 g/mol. The van der Waals surface area contributed by atoms with E-state index in [1.807, 2.05) is 30.3 Å². The highest BCUT2D eigenvalue weighted by Gasteiger charge is 2.29. The summed E-state index contributed by atoms with van der Waals surface area (Å²) >= 11 is 0. The summed E-state index contributed by atoms with van der Waals surface area (Å²) < 4.78 is 4.79. The molecule has 8 heteroatoms. The number of benzene rings is 2. The molecule has 2 aromatic carbocycles. The molecule has 30 heavy (non-hydrogen) atoms. The van der Waals surface area contributed by atoms with Crippen LogP contribution in [0.25, 0.3) is 0 Å². The fraction of sp³-hybridized carbons (Fsp3) is 0.273. The molecule has 0 fully saturated rings. The van der Waals surface area contributed by atoms with Crippen molar-refractivity contribution in [1.82, 2.24) is 10.6 Å². The van der Waals surface area contributed by atoms with Crippen LogP contribution >= 0.6 is 0 Å². The van der Waals surface area contributed by atoms with Gasteiger partial charge in [0.1, 0.15) is 12.1 Å². The maximum absolute atomic E-state index is 12.4. The van der Waals surface area contributed by atoms with Crippen molar-refractivity contribution in [1.29, 1.82) is 0 Å². The number of para-hydroxylation sites is 1. The highest BCUT2D eigenvalue weighted by Crippen LogP contribution is 2.19. The highest BCUT2D eigenvalue weighted by atomic mass is 16.5. The molecule has 0 saturated carbocycles. The predicted octanol–water partition coefficient (Wildman–Crippen LogP) is 1.42. The van der Waals surface area contributed by atoms with E-state index in [0.29, 0.717) is 11.3 Å². The molecule has 0 aliphatic carbocycles. The molecule has 0 aromatic heterocycles. The molecular formula is C22H23N3O5. The number of methoxy groups -OCH3 is 1. The standard InChI is InChI=1S/C22H23N3O5/c1-30-22(29)18(13-14-7-3-2-4-8-14)23-19(26)12-11-17-21(28)24-16-10-6-5-9-15(16)20(27)25-17/h2-10,17-18H,11-13H2,1H3,(H,23,26)(H,24,28)(H,25,27)/t17-,18+/m1/s1. The van der Waals surface area contributed by atoms with Gasteiger partial charge in [-0.05, 0) is 24.1 Å². The van der Waals surface area contributed by atoms with E-state index in [1.54, 1.807) is 24.3 Å². The molecule has 0 radical (unpaired) electrons. The summed E-state index contributed by atoms with van der Waals surface area (Å²) in [6.07, 6.45) is 0.336. The lowest BCUT2D eigenvalue weighted by molar-refractivity contribution is -0.145. The van der Waals surface area contributed by atoms with Crippen LogP contribution in [0.3, 0.4) is 0 Å². The van der Waals surface area contributed by atoms with Crippen molar-refractivity contribution < 1.29 is 23.9 Å². The third-order valence-electron chi connectivity index (χ3n) is 4.82. The van der Waals surface area contributed by atoms with E-state index in [-0.39, 0.29) is 25.2 Å². The third kappa shape index (κ3) is 5.22. The first-order valence-corrected chi connectivity index (χ1v) is 9.60. The Labute approximate surface area is 174 Å². The number of hydrogen-bond donors (Lipinski definition) is 3. The molecule has 0 bridgehead atoms. The van der Waals surface area contributed by atoms with Gasteiger partial charge in [-0.3, -0.25) is 14.4 Å². The molecule has 3 rings (SSSR count). The van der Waals surface area contributed by atoms with E-state index in [2.05, 4.69) is 16.0 Å². The van der Waals surface area contributed by atoms with Gasteiger partial charge in [0.25, 0.3) is 5.91 Å². The average Bonchev–Trinajstić information content (AvgIpc) is 2.87. The van der Waals surface area contributed by atoms with Crippen molar-refractivity contribution in [2.75, 3.05) is 12.4 Å². The molecule has 0 spiro atoms.